The van der Waals surface area contributed by atoms with Gasteiger partial charge in [0, 0.05) is 19.9 Å². The maximum absolute atomic E-state index is 12.0. The number of nitrogens with one attached hydrogen (secondary N) is 1. The van der Waals surface area contributed by atoms with Gasteiger partial charge in [0.15, 0.2) is 0 Å². The molecule has 0 saturated heterocycles. The van der Waals surface area contributed by atoms with Crippen LogP contribution in [0.2, 0.25) is 0 Å². The molecule has 18 heavy (non-hydrogen) atoms. The topological polar surface area (TPSA) is 82.0 Å². The van der Waals surface area contributed by atoms with Crippen molar-refractivity contribution in [1.82, 2.24) is 10.3 Å². The standard InChI is InChI=1S/C12H19N3O3/c1-15-11(17)7-6-9(14-15)12(18)13-8-4-2-3-5-10(8)16/h8,10,16H,2-7H2,1H3,(H,13,18). The minimum Gasteiger partial charge on any atom is -0.391 e. The van der Waals surface area contributed by atoms with E-state index in [9.17, 15) is 14.7 Å². The Kier molecular flexibility index (Phi) is 3.96. The first kappa shape index (κ1) is 13.0. The van der Waals surface area contributed by atoms with E-state index in [1.54, 1.807) is 7.05 Å². The second-order valence-electron chi connectivity index (χ2n) is 4.90. The molecule has 2 rings (SSSR count). The SMILES string of the molecule is CN1N=C(C(=O)NC2CCCCC2O)CCC1=O. The third-order valence-electron chi connectivity index (χ3n) is 3.52. The lowest BCUT2D eigenvalue weighted by atomic mass is 9.92. The van der Waals surface area contributed by atoms with E-state index in [1.807, 2.05) is 0 Å². The number of hydrazone groups is 1. The Balaban J connectivity index is 1.95. The van der Waals surface area contributed by atoms with Crippen LogP contribution in [0.3, 0.4) is 0 Å². The number of rotatable bonds is 2. The Morgan fingerprint density at radius 3 is 2.78 bits per heavy atom. The van der Waals surface area contributed by atoms with Crippen LogP contribution in [0.25, 0.3) is 0 Å². The zero-order valence-electron chi connectivity index (χ0n) is 10.6. The molecule has 2 amide bonds. The molecule has 0 aromatic heterocycles. The molecular formula is C12H19N3O3. The van der Waals surface area contributed by atoms with Crippen LogP contribution in [0.15, 0.2) is 5.10 Å². The lowest BCUT2D eigenvalue weighted by molar-refractivity contribution is -0.130. The Morgan fingerprint density at radius 2 is 2.11 bits per heavy atom. The summed E-state index contributed by atoms with van der Waals surface area (Å²) in [5, 5.41) is 17.8. The van der Waals surface area contributed by atoms with Gasteiger partial charge in [0.25, 0.3) is 5.91 Å². The molecule has 1 aliphatic heterocycles. The molecule has 2 unspecified atom stereocenters. The van der Waals surface area contributed by atoms with Crippen LogP contribution in [0.1, 0.15) is 38.5 Å². The minimum absolute atomic E-state index is 0.0794. The van der Waals surface area contributed by atoms with Gasteiger partial charge < -0.3 is 10.4 Å². The van der Waals surface area contributed by atoms with Crippen molar-refractivity contribution in [2.24, 2.45) is 5.10 Å². The van der Waals surface area contributed by atoms with Crippen molar-refractivity contribution in [3.8, 4) is 0 Å². The van der Waals surface area contributed by atoms with Gasteiger partial charge >= 0.3 is 0 Å². The average molecular weight is 253 g/mol. The van der Waals surface area contributed by atoms with Gasteiger partial charge in [-0.15, -0.1) is 0 Å². The molecule has 1 fully saturated rings. The monoisotopic (exact) mass is 253 g/mol. The molecule has 100 valence electrons. The molecule has 0 aromatic rings. The van der Waals surface area contributed by atoms with Gasteiger partial charge in [0.05, 0.1) is 12.1 Å². The number of amides is 2. The fraction of sp³-hybridized carbons (Fsp3) is 0.750. The summed E-state index contributed by atoms with van der Waals surface area (Å²) in [5.41, 5.74) is 0.370. The summed E-state index contributed by atoms with van der Waals surface area (Å²) in [5.74, 6) is -0.343. The molecule has 2 aliphatic rings. The largest absolute Gasteiger partial charge is 0.391 e. The Labute approximate surface area is 106 Å². The van der Waals surface area contributed by atoms with Crippen LogP contribution >= 0.6 is 0 Å². The van der Waals surface area contributed by atoms with Crippen molar-refractivity contribution in [3.05, 3.63) is 0 Å². The van der Waals surface area contributed by atoms with Crippen molar-refractivity contribution in [1.29, 1.82) is 0 Å². The van der Waals surface area contributed by atoms with Crippen molar-refractivity contribution in [2.45, 2.75) is 50.7 Å². The number of aliphatic hydroxyl groups excluding tert-OH is 1. The lowest BCUT2D eigenvalue weighted by Gasteiger charge is -2.29. The summed E-state index contributed by atoms with van der Waals surface area (Å²) in [6.07, 6.45) is 3.78. The number of hydrogen-bond acceptors (Lipinski definition) is 4. The predicted octanol–water partition coefficient (Wildman–Crippen LogP) is 0.0143. The molecule has 2 N–H and O–H groups in total. The zero-order chi connectivity index (χ0) is 13.1. The lowest BCUT2D eigenvalue weighted by Crippen LogP contribution is -2.48. The molecule has 1 saturated carbocycles. The van der Waals surface area contributed by atoms with Crippen LogP contribution in [0.5, 0.6) is 0 Å². The maximum atomic E-state index is 12.0. The van der Waals surface area contributed by atoms with Gasteiger partial charge in [0.1, 0.15) is 5.71 Å². The van der Waals surface area contributed by atoms with Crippen LogP contribution in [0, 0.1) is 0 Å². The van der Waals surface area contributed by atoms with Crippen LogP contribution in [-0.2, 0) is 9.59 Å². The van der Waals surface area contributed by atoms with E-state index >= 15 is 0 Å². The van der Waals surface area contributed by atoms with Crippen molar-refractivity contribution < 1.29 is 14.7 Å². The second-order valence-corrected chi connectivity index (χ2v) is 4.90. The summed E-state index contributed by atoms with van der Waals surface area (Å²) in [6, 6.07) is -0.183. The fourth-order valence-corrected chi connectivity index (χ4v) is 2.36. The van der Waals surface area contributed by atoms with Gasteiger partial charge in [-0.1, -0.05) is 12.8 Å². The third kappa shape index (κ3) is 2.87. The highest BCUT2D eigenvalue weighted by molar-refractivity contribution is 6.39. The highest BCUT2D eigenvalue weighted by Gasteiger charge is 2.28. The van der Waals surface area contributed by atoms with Crippen molar-refractivity contribution in [3.63, 3.8) is 0 Å². The molecule has 0 radical (unpaired) electrons. The van der Waals surface area contributed by atoms with E-state index in [-0.39, 0.29) is 17.9 Å². The minimum atomic E-state index is -0.466. The van der Waals surface area contributed by atoms with E-state index in [4.69, 9.17) is 0 Å². The highest BCUT2D eigenvalue weighted by Crippen LogP contribution is 2.18. The summed E-state index contributed by atoms with van der Waals surface area (Å²) < 4.78 is 0. The first-order chi connectivity index (χ1) is 8.58. The molecule has 6 heteroatoms. The molecular weight excluding hydrogens is 234 g/mol. The van der Waals surface area contributed by atoms with Gasteiger partial charge in [-0.2, -0.15) is 5.10 Å². The Morgan fingerprint density at radius 1 is 1.39 bits per heavy atom. The number of aliphatic hydroxyl groups is 1. The molecule has 0 spiro atoms. The first-order valence-electron chi connectivity index (χ1n) is 6.41. The van der Waals surface area contributed by atoms with Crippen LogP contribution in [-0.4, -0.2) is 46.8 Å². The second kappa shape index (κ2) is 5.48. The van der Waals surface area contributed by atoms with Gasteiger partial charge in [-0.05, 0) is 12.8 Å². The van der Waals surface area contributed by atoms with E-state index in [0.717, 1.165) is 25.7 Å². The average Bonchev–Trinajstić information content (AvgIpc) is 2.35. The quantitative estimate of drug-likeness (QED) is 0.727. The zero-order valence-corrected chi connectivity index (χ0v) is 10.6. The highest BCUT2D eigenvalue weighted by atomic mass is 16.3. The number of hydrogen-bond donors (Lipinski definition) is 2. The summed E-state index contributed by atoms with van der Waals surface area (Å²) in [6.45, 7) is 0. The van der Waals surface area contributed by atoms with Crippen molar-refractivity contribution >= 4 is 17.5 Å². The Bertz CT molecular complexity index is 381. The van der Waals surface area contributed by atoms with Crippen LogP contribution in [0.4, 0.5) is 0 Å². The smallest absolute Gasteiger partial charge is 0.267 e. The number of nitrogens with zero attached hydrogens (tertiary/aromatic N) is 2. The molecule has 0 aromatic carbocycles. The van der Waals surface area contributed by atoms with E-state index in [1.165, 1.54) is 5.01 Å². The third-order valence-corrected chi connectivity index (χ3v) is 3.52. The maximum Gasteiger partial charge on any atom is 0.267 e. The summed E-state index contributed by atoms with van der Waals surface area (Å²) in [7, 11) is 1.55. The molecule has 6 nitrogen and oxygen atoms in total. The van der Waals surface area contributed by atoms with Crippen LogP contribution < -0.4 is 5.32 Å². The normalized spacial score (nSPS) is 28.9. The molecule has 1 heterocycles. The van der Waals surface area contributed by atoms with E-state index in [0.29, 0.717) is 18.6 Å². The number of carbonyl (C=O) groups is 2. The van der Waals surface area contributed by atoms with Crippen molar-refractivity contribution in [2.75, 3.05) is 7.05 Å². The van der Waals surface area contributed by atoms with E-state index < -0.39 is 6.10 Å². The molecule has 2 atom stereocenters. The van der Waals surface area contributed by atoms with E-state index in [2.05, 4.69) is 10.4 Å². The molecule has 0 bridgehead atoms. The summed E-state index contributed by atoms with van der Waals surface area (Å²) >= 11 is 0. The van der Waals surface area contributed by atoms with Gasteiger partial charge in [-0.25, -0.2) is 5.01 Å². The van der Waals surface area contributed by atoms with Gasteiger partial charge in [-0.3, -0.25) is 9.59 Å². The van der Waals surface area contributed by atoms with Gasteiger partial charge in [0.2, 0.25) is 5.91 Å². The number of carbonyl (C=O) groups excluding carboxylic acids is 2. The first-order valence-corrected chi connectivity index (χ1v) is 6.41. The predicted molar refractivity (Wildman–Crippen MR) is 65.8 cm³/mol. The molecule has 1 aliphatic carbocycles. The summed E-state index contributed by atoms with van der Waals surface area (Å²) in [4.78, 5) is 23.2. The Hall–Kier alpha value is -1.43. The fourth-order valence-electron chi connectivity index (χ4n) is 2.36.